The summed E-state index contributed by atoms with van der Waals surface area (Å²) in [5.41, 5.74) is -0.0128. The van der Waals surface area contributed by atoms with Crippen molar-refractivity contribution in [2.75, 3.05) is 6.61 Å². The van der Waals surface area contributed by atoms with Crippen molar-refractivity contribution < 1.29 is 18.3 Å². The Morgan fingerprint density at radius 2 is 1.59 bits per heavy atom. The predicted molar refractivity (Wildman–Crippen MR) is 134 cm³/mol. The van der Waals surface area contributed by atoms with Crippen LogP contribution in [0.5, 0.6) is 0 Å². The number of benzene rings is 3. The van der Waals surface area contributed by atoms with E-state index in [0.717, 1.165) is 16.7 Å². The molecule has 1 heterocycles. The molecule has 5 nitrogen and oxygen atoms in total. The van der Waals surface area contributed by atoms with Gasteiger partial charge < -0.3 is 9.84 Å². The number of rotatable bonds is 7. The first-order valence-corrected chi connectivity index (χ1v) is 13.2. The number of hydrogen-bond acceptors (Lipinski definition) is 4. The van der Waals surface area contributed by atoms with Crippen LogP contribution in [0.2, 0.25) is 0 Å². The van der Waals surface area contributed by atoms with Crippen molar-refractivity contribution in [2.45, 2.75) is 56.4 Å². The van der Waals surface area contributed by atoms with Gasteiger partial charge in [0.2, 0.25) is 10.0 Å². The summed E-state index contributed by atoms with van der Waals surface area (Å²) in [6.07, 6.45) is 0.381. The van der Waals surface area contributed by atoms with E-state index >= 15 is 0 Å². The van der Waals surface area contributed by atoms with Gasteiger partial charge in [-0.05, 0) is 43.5 Å². The Balaban J connectivity index is 1.89. The molecule has 1 aliphatic rings. The van der Waals surface area contributed by atoms with E-state index < -0.39 is 33.3 Å². The van der Waals surface area contributed by atoms with Crippen molar-refractivity contribution in [1.29, 1.82) is 0 Å². The highest BCUT2D eigenvalue weighted by atomic mass is 32.2. The normalized spacial score (nSPS) is 24.0. The highest BCUT2D eigenvalue weighted by molar-refractivity contribution is 7.89. The molecule has 1 saturated heterocycles. The minimum absolute atomic E-state index is 0.207. The number of nitrogens with zero attached hydrogens (tertiary/aromatic N) is 1. The summed E-state index contributed by atoms with van der Waals surface area (Å²) in [6, 6.07) is 25.3. The fraction of sp³-hybridized carbons (Fsp3) is 0.357. The molecule has 3 aromatic carbocycles. The van der Waals surface area contributed by atoms with Crippen molar-refractivity contribution in [1.82, 2.24) is 4.31 Å². The Kier molecular flexibility index (Phi) is 6.71. The summed E-state index contributed by atoms with van der Waals surface area (Å²) >= 11 is 0. The van der Waals surface area contributed by atoms with Crippen molar-refractivity contribution in [3.05, 3.63) is 102 Å². The van der Waals surface area contributed by atoms with Gasteiger partial charge in [-0.1, -0.05) is 92.2 Å². The van der Waals surface area contributed by atoms with Gasteiger partial charge in [-0.15, -0.1) is 0 Å². The smallest absolute Gasteiger partial charge is 0.246 e. The SMILES string of the molecule is CC[C@@]1([C@H](C)[C@](C)(O)c2ccccc2)OC[C@@H](c2ccccc2)N1S(=O)(=O)c1ccc(C)cc1. The average molecular weight is 480 g/mol. The molecule has 34 heavy (non-hydrogen) atoms. The summed E-state index contributed by atoms with van der Waals surface area (Å²) in [5, 5.41) is 11.8. The topological polar surface area (TPSA) is 66.8 Å². The molecule has 180 valence electrons. The summed E-state index contributed by atoms with van der Waals surface area (Å²) in [4.78, 5) is 0.217. The third-order valence-corrected chi connectivity index (χ3v) is 9.24. The van der Waals surface area contributed by atoms with Gasteiger partial charge in [0.25, 0.3) is 0 Å². The molecule has 0 aromatic heterocycles. The molecule has 0 spiro atoms. The minimum atomic E-state index is -3.96. The maximum Gasteiger partial charge on any atom is 0.246 e. The van der Waals surface area contributed by atoms with Crippen LogP contribution >= 0.6 is 0 Å². The van der Waals surface area contributed by atoms with E-state index in [-0.39, 0.29) is 11.5 Å². The van der Waals surface area contributed by atoms with E-state index in [2.05, 4.69) is 0 Å². The Labute approximate surface area is 203 Å². The third-order valence-electron chi connectivity index (χ3n) is 7.29. The van der Waals surface area contributed by atoms with Crippen LogP contribution in [0.25, 0.3) is 0 Å². The van der Waals surface area contributed by atoms with Crippen LogP contribution in [0.15, 0.2) is 89.8 Å². The van der Waals surface area contributed by atoms with E-state index in [9.17, 15) is 13.5 Å². The van der Waals surface area contributed by atoms with Crippen molar-refractivity contribution >= 4 is 10.0 Å². The molecule has 1 aliphatic heterocycles. The van der Waals surface area contributed by atoms with Crippen LogP contribution in [0.3, 0.4) is 0 Å². The van der Waals surface area contributed by atoms with Gasteiger partial charge in [0, 0.05) is 5.92 Å². The summed E-state index contributed by atoms with van der Waals surface area (Å²) in [7, 11) is -3.96. The lowest BCUT2D eigenvalue weighted by Gasteiger charge is -2.47. The number of hydrogen-bond donors (Lipinski definition) is 1. The molecular formula is C28H33NO4S. The van der Waals surface area contributed by atoms with Crippen LogP contribution < -0.4 is 0 Å². The van der Waals surface area contributed by atoms with Gasteiger partial charge in [0.1, 0.15) is 5.72 Å². The average Bonchev–Trinajstić information content (AvgIpc) is 3.26. The van der Waals surface area contributed by atoms with E-state index in [1.807, 2.05) is 81.4 Å². The molecule has 1 fully saturated rings. The van der Waals surface area contributed by atoms with E-state index in [1.54, 1.807) is 31.2 Å². The van der Waals surface area contributed by atoms with E-state index in [1.165, 1.54) is 4.31 Å². The van der Waals surface area contributed by atoms with E-state index in [0.29, 0.717) is 6.42 Å². The second-order valence-corrected chi connectivity index (χ2v) is 11.1. The molecule has 0 amide bonds. The second kappa shape index (κ2) is 9.27. The monoisotopic (exact) mass is 479 g/mol. The first kappa shape index (κ1) is 24.6. The molecular weight excluding hydrogens is 446 g/mol. The summed E-state index contributed by atoms with van der Waals surface area (Å²) in [5.74, 6) is -0.568. The van der Waals surface area contributed by atoms with Gasteiger partial charge in [-0.3, -0.25) is 0 Å². The lowest BCUT2D eigenvalue weighted by atomic mass is 9.76. The molecule has 0 aliphatic carbocycles. The number of ether oxygens (including phenoxy) is 1. The number of sulfonamides is 1. The van der Waals surface area contributed by atoms with Crippen molar-refractivity contribution in [3.8, 4) is 0 Å². The summed E-state index contributed by atoms with van der Waals surface area (Å²) in [6.45, 7) is 7.67. The predicted octanol–water partition coefficient (Wildman–Crippen LogP) is 5.41. The Hall–Kier alpha value is -2.51. The number of aliphatic hydroxyl groups is 1. The zero-order chi connectivity index (χ0) is 24.6. The fourth-order valence-electron chi connectivity index (χ4n) is 5.06. The molecule has 6 heteroatoms. The minimum Gasteiger partial charge on any atom is -0.385 e. The Bertz CT molecular complexity index is 1210. The highest BCUT2D eigenvalue weighted by Crippen LogP contribution is 2.51. The fourth-order valence-corrected chi connectivity index (χ4v) is 7.04. The Morgan fingerprint density at radius 1 is 1.03 bits per heavy atom. The zero-order valence-corrected chi connectivity index (χ0v) is 21.0. The maximum atomic E-state index is 14.2. The van der Waals surface area contributed by atoms with Gasteiger partial charge in [0.15, 0.2) is 0 Å². The zero-order valence-electron chi connectivity index (χ0n) is 20.2. The van der Waals surface area contributed by atoms with Crippen molar-refractivity contribution in [3.63, 3.8) is 0 Å². The van der Waals surface area contributed by atoms with Gasteiger partial charge >= 0.3 is 0 Å². The van der Waals surface area contributed by atoms with Gasteiger partial charge in [-0.2, -0.15) is 4.31 Å². The second-order valence-electron chi connectivity index (χ2n) is 9.29. The van der Waals surface area contributed by atoms with Gasteiger partial charge in [-0.25, -0.2) is 8.42 Å². The van der Waals surface area contributed by atoms with Gasteiger partial charge in [0.05, 0.1) is 23.1 Å². The first-order chi connectivity index (χ1) is 16.1. The maximum absolute atomic E-state index is 14.2. The largest absolute Gasteiger partial charge is 0.385 e. The summed E-state index contributed by atoms with van der Waals surface area (Å²) < 4.78 is 36.4. The van der Waals surface area contributed by atoms with Crippen molar-refractivity contribution in [2.24, 2.45) is 5.92 Å². The molecule has 1 N–H and O–H groups in total. The van der Waals surface area contributed by atoms with E-state index in [4.69, 9.17) is 4.74 Å². The van der Waals surface area contributed by atoms with Crippen LogP contribution in [-0.4, -0.2) is 30.2 Å². The lowest BCUT2D eigenvalue weighted by Crippen LogP contribution is -2.57. The number of aryl methyl sites for hydroxylation is 1. The quantitative estimate of drug-likeness (QED) is 0.492. The molecule has 4 rings (SSSR count). The molecule has 4 atom stereocenters. The molecule has 0 radical (unpaired) electrons. The molecule has 3 aromatic rings. The Morgan fingerprint density at radius 3 is 2.15 bits per heavy atom. The molecule has 0 bridgehead atoms. The van der Waals surface area contributed by atoms with Crippen LogP contribution in [0, 0.1) is 12.8 Å². The third kappa shape index (κ3) is 4.09. The van der Waals surface area contributed by atoms with Crippen LogP contribution in [-0.2, 0) is 20.4 Å². The first-order valence-electron chi connectivity index (χ1n) is 11.7. The molecule has 0 saturated carbocycles. The lowest BCUT2D eigenvalue weighted by molar-refractivity contribution is -0.162. The molecule has 0 unspecified atom stereocenters. The van der Waals surface area contributed by atoms with Crippen LogP contribution in [0.1, 0.15) is 49.9 Å². The van der Waals surface area contributed by atoms with Crippen LogP contribution in [0.4, 0.5) is 0 Å². The standard InChI is InChI=1S/C28H33NO4S/c1-5-28(22(3)27(4,30)24-14-10-7-11-15-24)29(26(20-33-28)23-12-8-6-9-13-23)34(31,32)25-18-16-21(2)17-19-25/h6-19,22,26,30H,5,20H2,1-4H3/t22-,26+,27+,28+/m1/s1. The highest BCUT2D eigenvalue weighted by Gasteiger charge is 2.60.